The third-order valence-electron chi connectivity index (χ3n) is 3.07. The molecule has 1 fully saturated rings. The van der Waals surface area contributed by atoms with Gasteiger partial charge in [-0.3, -0.25) is 0 Å². The van der Waals surface area contributed by atoms with Crippen LogP contribution in [0.1, 0.15) is 37.9 Å². The lowest BCUT2D eigenvalue weighted by Gasteiger charge is -2.05. The van der Waals surface area contributed by atoms with Gasteiger partial charge in [-0.15, -0.1) is 0 Å². The Kier molecular flexibility index (Phi) is 2.01. The lowest BCUT2D eigenvalue weighted by Crippen LogP contribution is -2.01. The molecule has 0 amide bonds. The predicted molar refractivity (Wildman–Crippen MR) is 62.0 cm³/mol. The van der Waals surface area contributed by atoms with Crippen LogP contribution in [-0.4, -0.2) is 9.55 Å². The van der Waals surface area contributed by atoms with E-state index in [1.165, 1.54) is 30.6 Å². The van der Waals surface area contributed by atoms with Crippen LogP contribution in [0.4, 0.5) is 0 Å². The molecular formula is C13H16N2. The van der Waals surface area contributed by atoms with Gasteiger partial charge in [0.1, 0.15) is 5.82 Å². The number of aromatic nitrogens is 2. The molecule has 0 saturated heterocycles. The lowest BCUT2D eigenvalue weighted by atomic mass is 10.3. The first-order chi connectivity index (χ1) is 7.40. The van der Waals surface area contributed by atoms with Crippen LogP contribution in [0.3, 0.4) is 0 Å². The maximum absolute atomic E-state index is 4.76. The summed E-state index contributed by atoms with van der Waals surface area (Å²) >= 11 is 0. The maximum atomic E-state index is 4.76. The molecule has 1 saturated carbocycles. The fourth-order valence-electron chi connectivity index (χ4n) is 2.21. The van der Waals surface area contributed by atoms with Crippen molar-refractivity contribution in [2.24, 2.45) is 0 Å². The number of imidazole rings is 1. The molecule has 2 nitrogen and oxygen atoms in total. The van der Waals surface area contributed by atoms with Crippen LogP contribution >= 0.6 is 0 Å². The smallest absolute Gasteiger partial charge is 0.112 e. The summed E-state index contributed by atoms with van der Waals surface area (Å²) < 4.78 is 2.41. The molecule has 78 valence electrons. The Hall–Kier alpha value is -1.31. The largest absolute Gasteiger partial charge is 0.328 e. The molecule has 0 unspecified atom stereocenters. The first kappa shape index (κ1) is 8.96. The summed E-state index contributed by atoms with van der Waals surface area (Å²) in [6.07, 6.45) is 3.83. The fourth-order valence-corrected chi connectivity index (χ4v) is 2.21. The van der Waals surface area contributed by atoms with Gasteiger partial charge >= 0.3 is 0 Å². The Morgan fingerprint density at radius 2 is 2.13 bits per heavy atom. The summed E-state index contributed by atoms with van der Waals surface area (Å²) in [6.45, 7) is 3.33. The predicted octanol–water partition coefficient (Wildman–Crippen LogP) is 3.32. The quantitative estimate of drug-likeness (QED) is 0.743. The SMILES string of the molecule is CCCn1c(C2CC2)nc2ccccc21. The van der Waals surface area contributed by atoms with E-state index in [1.807, 2.05) is 0 Å². The molecule has 1 aliphatic rings. The molecule has 0 N–H and O–H groups in total. The Labute approximate surface area is 89.9 Å². The van der Waals surface area contributed by atoms with Crippen LogP contribution in [0.2, 0.25) is 0 Å². The van der Waals surface area contributed by atoms with Crippen LogP contribution in [-0.2, 0) is 6.54 Å². The number of fused-ring (bicyclic) bond motifs is 1. The summed E-state index contributed by atoms with van der Waals surface area (Å²) in [5.41, 5.74) is 2.47. The van der Waals surface area contributed by atoms with Crippen LogP contribution in [0.25, 0.3) is 11.0 Å². The zero-order valence-electron chi connectivity index (χ0n) is 9.11. The Morgan fingerprint density at radius 3 is 2.87 bits per heavy atom. The molecule has 1 aromatic heterocycles. The Balaban J connectivity index is 2.19. The van der Waals surface area contributed by atoms with E-state index in [1.54, 1.807) is 0 Å². The second-order valence-electron chi connectivity index (χ2n) is 4.38. The van der Waals surface area contributed by atoms with Gasteiger partial charge in [0, 0.05) is 12.5 Å². The van der Waals surface area contributed by atoms with Gasteiger partial charge in [0.05, 0.1) is 11.0 Å². The van der Waals surface area contributed by atoms with E-state index < -0.39 is 0 Å². The van der Waals surface area contributed by atoms with Crippen molar-refractivity contribution in [3.8, 4) is 0 Å². The van der Waals surface area contributed by atoms with Crippen molar-refractivity contribution in [1.82, 2.24) is 9.55 Å². The van der Waals surface area contributed by atoms with E-state index in [0.717, 1.165) is 18.0 Å². The van der Waals surface area contributed by atoms with Gasteiger partial charge in [-0.25, -0.2) is 4.98 Å². The minimum Gasteiger partial charge on any atom is -0.328 e. The van der Waals surface area contributed by atoms with Gasteiger partial charge in [-0.05, 0) is 31.4 Å². The second-order valence-corrected chi connectivity index (χ2v) is 4.38. The highest BCUT2D eigenvalue weighted by atomic mass is 15.1. The van der Waals surface area contributed by atoms with Gasteiger partial charge in [0.2, 0.25) is 0 Å². The molecule has 2 heteroatoms. The molecule has 0 spiro atoms. The molecule has 1 aliphatic carbocycles. The number of nitrogens with zero attached hydrogens (tertiary/aromatic N) is 2. The van der Waals surface area contributed by atoms with Gasteiger partial charge in [0.15, 0.2) is 0 Å². The standard InChI is InChI=1S/C13H16N2/c1-2-9-15-12-6-4-3-5-11(12)14-13(15)10-7-8-10/h3-6,10H,2,7-9H2,1H3. The monoisotopic (exact) mass is 200 g/mol. The average Bonchev–Trinajstić information content (AvgIpc) is 3.04. The van der Waals surface area contributed by atoms with Gasteiger partial charge in [-0.2, -0.15) is 0 Å². The molecule has 0 aliphatic heterocycles. The number of hydrogen-bond acceptors (Lipinski definition) is 1. The molecule has 15 heavy (non-hydrogen) atoms. The molecule has 0 bridgehead atoms. The zero-order chi connectivity index (χ0) is 10.3. The molecule has 3 rings (SSSR count). The summed E-state index contributed by atoms with van der Waals surface area (Å²) in [7, 11) is 0. The van der Waals surface area contributed by atoms with Crippen molar-refractivity contribution in [3.63, 3.8) is 0 Å². The van der Waals surface area contributed by atoms with E-state index in [-0.39, 0.29) is 0 Å². The molecule has 2 aromatic rings. The van der Waals surface area contributed by atoms with Crippen molar-refractivity contribution in [3.05, 3.63) is 30.1 Å². The van der Waals surface area contributed by atoms with Crippen molar-refractivity contribution in [2.45, 2.75) is 38.6 Å². The fraction of sp³-hybridized carbons (Fsp3) is 0.462. The van der Waals surface area contributed by atoms with Crippen molar-refractivity contribution < 1.29 is 0 Å². The van der Waals surface area contributed by atoms with E-state index in [9.17, 15) is 0 Å². The average molecular weight is 200 g/mol. The normalized spacial score (nSPS) is 16.1. The zero-order valence-corrected chi connectivity index (χ0v) is 9.11. The molecule has 1 aromatic carbocycles. The lowest BCUT2D eigenvalue weighted by molar-refractivity contribution is 0.656. The van der Waals surface area contributed by atoms with Crippen molar-refractivity contribution >= 4 is 11.0 Å². The van der Waals surface area contributed by atoms with Crippen molar-refractivity contribution in [2.75, 3.05) is 0 Å². The van der Waals surface area contributed by atoms with E-state index in [0.29, 0.717) is 0 Å². The molecule has 1 heterocycles. The third-order valence-corrected chi connectivity index (χ3v) is 3.07. The number of aryl methyl sites for hydroxylation is 1. The topological polar surface area (TPSA) is 17.8 Å². The second kappa shape index (κ2) is 3.37. The summed E-state index contributed by atoms with van der Waals surface area (Å²) in [6, 6.07) is 8.48. The van der Waals surface area contributed by atoms with Gasteiger partial charge in [-0.1, -0.05) is 19.1 Å². The number of rotatable bonds is 3. The van der Waals surface area contributed by atoms with Crippen molar-refractivity contribution in [1.29, 1.82) is 0 Å². The van der Waals surface area contributed by atoms with Crippen LogP contribution in [0, 0.1) is 0 Å². The number of hydrogen-bond donors (Lipinski definition) is 0. The third kappa shape index (κ3) is 1.44. The number of para-hydroxylation sites is 2. The summed E-state index contributed by atoms with van der Waals surface area (Å²) in [4.78, 5) is 4.76. The number of benzene rings is 1. The van der Waals surface area contributed by atoms with E-state index in [2.05, 4.69) is 35.8 Å². The molecule has 0 radical (unpaired) electrons. The maximum Gasteiger partial charge on any atom is 0.112 e. The van der Waals surface area contributed by atoms with Crippen LogP contribution in [0.5, 0.6) is 0 Å². The summed E-state index contributed by atoms with van der Waals surface area (Å²) in [5.74, 6) is 2.06. The molecular weight excluding hydrogens is 184 g/mol. The minimum atomic E-state index is 0.740. The van der Waals surface area contributed by atoms with Gasteiger partial charge < -0.3 is 4.57 Å². The summed E-state index contributed by atoms with van der Waals surface area (Å²) in [5, 5.41) is 0. The van der Waals surface area contributed by atoms with Crippen LogP contribution < -0.4 is 0 Å². The molecule has 0 atom stereocenters. The highest BCUT2D eigenvalue weighted by Gasteiger charge is 2.29. The van der Waals surface area contributed by atoms with Gasteiger partial charge in [0.25, 0.3) is 0 Å². The Bertz CT molecular complexity index is 480. The Morgan fingerprint density at radius 1 is 1.33 bits per heavy atom. The first-order valence-electron chi connectivity index (χ1n) is 5.85. The van der Waals surface area contributed by atoms with Crippen LogP contribution in [0.15, 0.2) is 24.3 Å². The minimum absolute atomic E-state index is 0.740. The highest BCUT2D eigenvalue weighted by Crippen LogP contribution is 2.40. The van der Waals surface area contributed by atoms with E-state index in [4.69, 9.17) is 4.98 Å². The first-order valence-corrected chi connectivity index (χ1v) is 5.85. The highest BCUT2D eigenvalue weighted by molar-refractivity contribution is 5.76. The van der Waals surface area contributed by atoms with E-state index >= 15 is 0 Å².